The lowest BCUT2D eigenvalue weighted by Gasteiger charge is -2.26. The third-order valence-electron chi connectivity index (χ3n) is 13.9. The van der Waals surface area contributed by atoms with Crippen LogP contribution in [-0.4, -0.2) is 80.0 Å². The molecule has 0 spiro atoms. The number of nitrogens with zero attached hydrogens (tertiary/aromatic N) is 3. The number of hydrogen-bond donors (Lipinski definition) is 0. The first-order chi connectivity index (χ1) is 39.5. The Kier molecular flexibility index (Phi) is 24.1. The van der Waals surface area contributed by atoms with Gasteiger partial charge in [0.2, 0.25) is 5.13 Å². The van der Waals surface area contributed by atoms with Crippen LogP contribution in [0.15, 0.2) is 134 Å². The third-order valence-corrected chi connectivity index (χ3v) is 14.9. The molecule has 0 N–H and O–H groups in total. The molecule has 1 aromatic heterocycles. The van der Waals surface area contributed by atoms with Gasteiger partial charge in [-0.2, -0.15) is 5.10 Å². The Morgan fingerprint density at radius 2 is 0.938 bits per heavy atom. The largest absolute Gasteiger partial charge is 0.494 e. The normalized spacial score (nSPS) is 16.8. The lowest BCUT2D eigenvalue weighted by atomic mass is 9.82. The average Bonchev–Trinajstić information content (AvgIpc) is 3.97. The molecule has 0 aliphatic heterocycles. The number of benzene rings is 4. The first-order valence-corrected chi connectivity index (χ1v) is 28.6. The maximum Gasteiger partial charge on any atom is 0.330 e. The fourth-order valence-corrected chi connectivity index (χ4v) is 10.2. The van der Waals surface area contributed by atoms with Gasteiger partial charge < -0.3 is 37.9 Å². The molecule has 0 atom stereocenters. The molecule has 0 radical (unpaired) electrons. The van der Waals surface area contributed by atoms with Crippen molar-refractivity contribution in [3.63, 3.8) is 0 Å². The first kappa shape index (κ1) is 60.5. The summed E-state index contributed by atoms with van der Waals surface area (Å²) < 4.78 is 46.1. The zero-order chi connectivity index (χ0) is 57.2. The molecular formula is C63H71N3O14S. The summed E-state index contributed by atoms with van der Waals surface area (Å²) in [5, 5.41) is 7.06. The standard InChI is InChI=1S/C63H71N3O14S/c1-4-37-66(63-65-54-17-11-12-18-56(54)81-63)64-43-48-42-53(79-61(71)46-21-19-44(20-22-46)59(69)77-51-31-27-49(28-32-51)73-38-13-7-9-15-40-75-57(67)5-2)35-36-55(48)80-62(72)47-25-23-45(24-26-47)60(70)78-52-33-29-50(30-34-52)74-39-14-8-10-16-41-76-58(68)6-3/h4-6,11-12,17-18,27-36,42-47H,1-3,7-10,13-16,19-26,37-41H2/b64-43+. The molecule has 0 amide bonds. The van der Waals surface area contributed by atoms with E-state index >= 15 is 0 Å². The second kappa shape index (κ2) is 32.2. The van der Waals surface area contributed by atoms with Gasteiger partial charge in [0.25, 0.3) is 0 Å². The molecule has 0 saturated heterocycles. The van der Waals surface area contributed by atoms with Gasteiger partial charge in [-0.1, -0.05) is 42.7 Å². The van der Waals surface area contributed by atoms with Crippen molar-refractivity contribution in [1.82, 2.24) is 4.98 Å². The highest BCUT2D eigenvalue weighted by Crippen LogP contribution is 2.36. The molecule has 2 fully saturated rings. The number of ether oxygens (including phenoxy) is 8. The minimum atomic E-state index is -0.475. The average molecular weight is 1130 g/mol. The quantitative estimate of drug-likeness (QED) is 0.00769. The highest BCUT2D eigenvalue weighted by atomic mass is 32.1. The number of rotatable bonds is 31. The molecule has 18 heteroatoms. The summed E-state index contributed by atoms with van der Waals surface area (Å²) >= 11 is 1.46. The Hall–Kier alpha value is -8.12. The van der Waals surface area contributed by atoms with Gasteiger partial charge in [-0.25, -0.2) is 19.6 Å². The lowest BCUT2D eigenvalue weighted by molar-refractivity contribution is -0.145. The van der Waals surface area contributed by atoms with E-state index in [4.69, 9.17) is 48.0 Å². The Morgan fingerprint density at radius 1 is 0.519 bits per heavy atom. The predicted molar refractivity (Wildman–Crippen MR) is 308 cm³/mol. The van der Waals surface area contributed by atoms with E-state index < -0.39 is 41.6 Å². The number of fused-ring (bicyclic) bond motifs is 1. The molecule has 81 heavy (non-hydrogen) atoms. The fraction of sp³-hybridized carbons (Fsp3) is 0.397. The van der Waals surface area contributed by atoms with Gasteiger partial charge in [-0.15, -0.1) is 6.58 Å². The summed E-state index contributed by atoms with van der Waals surface area (Å²) in [6.45, 7) is 12.8. The number of anilines is 1. The fourth-order valence-electron chi connectivity index (χ4n) is 9.27. The molecule has 17 nitrogen and oxygen atoms in total. The number of unbranched alkanes of at least 4 members (excludes halogenated alkanes) is 6. The van der Waals surface area contributed by atoms with Crippen molar-refractivity contribution in [2.45, 2.75) is 103 Å². The van der Waals surface area contributed by atoms with Crippen LogP contribution in [0.5, 0.6) is 34.5 Å². The molecule has 5 aromatic rings. The second-order valence-electron chi connectivity index (χ2n) is 19.8. The van der Waals surface area contributed by atoms with Crippen LogP contribution in [0.1, 0.15) is 108 Å². The van der Waals surface area contributed by atoms with Gasteiger partial charge in [0, 0.05) is 17.7 Å². The second-order valence-corrected chi connectivity index (χ2v) is 20.8. The zero-order valence-corrected chi connectivity index (χ0v) is 46.5. The van der Waals surface area contributed by atoms with Crippen LogP contribution in [0.4, 0.5) is 5.13 Å². The summed E-state index contributed by atoms with van der Waals surface area (Å²) in [7, 11) is 0. The van der Waals surface area contributed by atoms with Gasteiger partial charge in [-0.05, 0) is 182 Å². The van der Waals surface area contributed by atoms with Crippen molar-refractivity contribution in [3.8, 4) is 34.5 Å². The van der Waals surface area contributed by atoms with Crippen molar-refractivity contribution in [1.29, 1.82) is 0 Å². The van der Waals surface area contributed by atoms with E-state index in [1.165, 1.54) is 17.6 Å². The van der Waals surface area contributed by atoms with Gasteiger partial charge in [0.15, 0.2) is 0 Å². The van der Waals surface area contributed by atoms with Gasteiger partial charge in [0.1, 0.15) is 34.5 Å². The van der Waals surface area contributed by atoms with Crippen LogP contribution in [-0.2, 0) is 38.2 Å². The maximum atomic E-state index is 13.8. The molecule has 1 heterocycles. The Morgan fingerprint density at radius 3 is 1.40 bits per heavy atom. The Balaban J connectivity index is 0.888. The summed E-state index contributed by atoms with van der Waals surface area (Å²) in [5.74, 6) is -1.58. The number of hydrazone groups is 1. The van der Waals surface area contributed by atoms with Crippen molar-refractivity contribution in [2.24, 2.45) is 28.8 Å². The monoisotopic (exact) mass is 1130 g/mol. The van der Waals surface area contributed by atoms with Crippen molar-refractivity contribution in [2.75, 3.05) is 38.0 Å². The number of para-hydroxylation sites is 1. The molecule has 7 rings (SSSR count). The molecule has 4 aromatic carbocycles. The molecule has 0 bridgehead atoms. The summed E-state index contributed by atoms with van der Waals surface area (Å²) in [5.41, 5.74) is 1.20. The highest BCUT2D eigenvalue weighted by molar-refractivity contribution is 7.22. The van der Waals surface area contributed by atoms with E-state index in [1.807, 2.05) is 24.3 Å². The first-order valence-electron chi connectivity index (χ1n) is 27.8. The van der Waals surface area contributed by atoms with Crippen LogP contribution < -0.4 is 33.4 Å². The molecule has 2 aliphatic rings. The minimum Gasteiger partial charge on any atom is -0.494 e. The van der Waals surface area contributed by atoms with Crippen LogP contribution in [0.2, 0.25) is 0 Å². The Labute approximate surface area is 476 Å². The minimum absolute atomic E-state index is 0.208. The summed E-state index contributed by atoms with van der Waals surface area (Å²) in [4.78, 5) is 81.0. The van der Waals surface area contributed by atoms with E-state index in [0.717, 1.165) is 73.7 Å². The number of hydrogen-bond acceptors (Lipinski definition) is 18. The van der Waals surface area contributed by atoms with E-state index in [9.17, 15) is 28.8 Å². The van der Waals surface area contributed by atoms with E-state index in [1.54, 1.807) is 77.8 Å². The van der Waals surface area contributed by atoms with Crippen LogP contribution >= 0.6 is 11.3 Å². The molecule has 428 valence electrons. The topological polar surface area (TPSA) is 205 Å². The number of esters is 6. The smallest absolute Gasteiger partial charge is 0.330 e. The number of thiazole rings is 1. The van der Waals surface area contributed by atoms with E-state index in [2.05, 4.69) is 19.7 Å². The third kappa shape index (κ3) is 19.6. The van der Waals surface area contributed by atoms with Crippen molar-refractivity contribution in [3.05, 3.63) is 135 Å². The maximum absolute atomic E-state index is 13.8. The summed E-state index contributed by atoms with van der Waals surface area (Å²) in [6.07, 6.45) is 15.9. The van der Waals surface area contributed by atoms with Crippen molar-refractivity contribution >= 4 is 68.7 Å². The van der Waals surface area contributed by atoms with E-state index in [0.29, 0.717) is 118 Å². The van der Waals surface area contributed by atoms with Gasteiger partial charge >= 0.3 is 35.8 Å². The molecular weight excluding hydrogens is 1050 g/mol. The Bertz CT molecular complexity index is 2910. The number of aromatic nitrogens is 1. The summed E-state index contributed by atoms with van der Waals surface area (Å²) in [6, 6.07) is 26.3. The lowest BCUT2D eigenvalue weighted by Crippen LogP contribution is -2.30. The van der Waals surface area contributed by atoms with Gasteiger partial charge in [0.05, 0.1) is 73.1 Å². The van der Waals surface area contributed by atoms with Crippen LogP contribution in [0.25, 0.3) is 10.2 Å². The van der Waals surface area contributed by atoms with E-state index in [-0.39, 0.29) is 29.4 Å². The van der Waals surface area contributed by atoms with Crippen molar-refractivity contribution < 1.29 is 66.7 Å². The number of carbonyl (C=O) groups excluding carboxylic acids is 6. The van der Waals surface area contributed by atoms with Crippen LogP contribution in [0, 0.1) is 23.7 Å². The molecule has 2 aliphatic carbocycles. The number of carbonyl (C=O) groups is 6. The SMILES string of the molecule is C=CCN(/N=C/c1cc(OC(=O)C2CCC(C(=O)Oc3ccc(OCCCCCCOC(=O)C=C)cc3)CC2)ccc1OC(=O)C1CCC(C(=O)Oc2ccc(OCCCCCCOC(=O)C=C)cc2)CC1)c1nc2ccccc2s1. The molecule has 2 saturated carbocycles. The zero-order valence-electron chi connectivity index (χ0n) is 45.7. The molecule has 0 unspecified atom stereocenters. The highest BCUT2D eigenvalue weighted by Gasteiger charge is 2.34. The van der Waals surface area contributed by atoms with Crippen LogP contribution in [0.3, 0.4) is 0 Å². The predicted octanol–water partition coefficient (Wildman–Crippen LogP) is 12.3. The van der Waals surface area contributed by atoms with Gasteiger partial charge in [-0.3, -0.25) is 19.2 Å².